The van der Waals surface area contributed by atoms with E-state index in [-0.39, 0.29) is 11.4 Å². The molecule has 2 fully saturated rings. The van der Waals surface area contributed by atoms with Gasteiger partial charge in [0, 0.05) is 6.07 Å². The topological polar surface area (TPSA) is 89.8 Å². The summed E-state index contributed by atoms with van der Waals surface area (Å²) in [5.74, 6) is -2.07. The van der Waals surface area contributed by atoms with Crippen molar-refractivity contribution in [2.75, 3.05) is 4.90 Å². The van der Waals surface area contributed by atoms with Crippen molar-refractivity contribution in [1.29, 1.82) is 0 Å². The van der Waals surface area contributed by atoms with Gasteiger partial charge >= 0.3 is 0 Å². The fourth-order valence-electron chi connectivity index (χ4n) is 3.70. The minimum atomic E-state index is -0.805. The Bertz CT molecular complexity index is 758. The molecule has 0 N–H and O–H groups in total. The lowest BCUT2D eigenvalue weighted by Crippen LogP contribution is -2.38. The lowest BCUT2D eigenvalue weighted by atomic mass is 9.78. The molecule has 2 amide bonds. The Morgan fingerprint density at radius 1 is 1.27 bits per heavy atom. The van der Waals surface area contributed by atoms with Crippen LogP contribution in [0.2, 0.25) is 0 Å². The number of nitrogens with zero attached hydrogens (tertiary/aromatic N) is 2. The third-order valence-corrected chi connectivity index (χ3v) is 4.65. The molecule has 0 unspecified atom stereocenters. The highest BCUT2D eigenvalue weighted by atomic mass is 16.6. The number of imide groups is 1. The molecule has 1 aromatic rings. The van der Waals surface area contributed by atoms with E-state index in [0.29, 0.717) is 0 Å². The van der Waals surface area contributed by atoms with Gasteiger partial charge in [0.1, 0.15) is 5.69 Å². The molecular formula is C15H12N2O5. The van der Waals surface area contributed by atoms with Gasteiger partial charge in [-0.15, -0.1) is 0 Å². The van der Waals surface area contributed by atoms with Crippen molar-refractivity contribution in [1.82, 2.24) is 0 Å². The maximum Gasteiger partial charge on any atom is 0.293 e. The summed E-state index contributed by atoms with van der Waals surface area (Å²) in [6.07, 6.45) is 3.15. The summed E-state index contributed by atoms with van der Waals surface area (Å²) in [6, 6.07) is 5.79. The van der Waals surface area contributed by atoms with Gasteiger partial charge in [0.25, 0.3) is 5.69 Å². The monoisotopic (exact) mass is 300 g/mol. The van der Waals surface area contributed by atoms with E-state index in [1.807, 2.05) is 0 Å². The van der Waals surface area contributed by atoms with E-state index in [4.69, 9.17) is 4.74 Å². The third-order valence-electron chi connectivity index (χ3n) is 4.65. The van der Waals surface area contributed by atoms with E-state index in [2.05, 4.69) is 0 Å². The first-order valence-electron chi connectivity index (χ1n) is 6.92. The molecule has 0 spiro atoms. The number of nitro groups is 1. The molecule has 4 rings (SSSR count). The first kappa shape index (κ1) is 13.1. The highest BCUT2D eigenvalue weighted by Gasteiger charge is 2.66. The summed E-state index contributed by atoms with van der Waals surface area (Å²) in [5, 5.41) is 11.2. The van der Waals surface area contributed by atoms with Crippen molar-refractivity contribution in [3.05, 3.63) is 46.5 Å². The summed E-state index contributed by atoms with van der Waals surface area (Å²) in [4.78, 5) is 36.9. The van der Waals surface area contributed by atoms with Crippen LogP contribution in [0.25, 0.3) is 0 Å². The number of anilines is 1. The Kier molecular flexibility index (Phi) is 2.40. The molecule has 4 atom stereocenters. The second-order valence-electron chi connectivity index (χ2n) is 5.89. The number of ether oxygens (including phenoxy) is 1. The Morgan fingerprint density at radius 3 is 2.68 bits per heavy atom. The highest BCUT2D eigenvalue weighted by molar-refractivity contribution is 6.24. The molecule has 2 bridgehead atoms. The van der Waals surface area contributed by atoms with E-state index in [0.717, 1.165) is 4.90 Å². The Morgan fingerprint density at radius 2 is 2.00 bits per heavy atom. The summed E-state index contributed by atoms with van der Waals surface area (Å²) >= 11 is 0. The lowest BCUT2D eigenvalue weighted by Gasteiger charge is -2.23. The quantitative estimate of drug-likeness (QED) is 0.357. The molecular weight excluding hydrogens is 288 g/mol. The van der Waals surface area contributed by atoms with Crippen molar-refractivity contribution in [2.45, 2.75) is 18.6 Å². The maximum absolute atomic E-state index is 12.7. The molecule has 0 aliphatic carbocycles. The van der Waals surface area contributed by atoms with Gasteiger partial charge in [-0.25, -0.2) is 4.90 Å². The van der Waals surface area contributed by atoms with E-state index in [1.165, 1.54) is 18.2 Å². The van der Waals surface area contributed by atoms with Gasteiger partial charge in [-0.2, -0.15) is 0 Å². The van der Waals surface area contributed by atoms with Crippen molar-refractivity contribution in [3.63, 3.8) is 0 Å². The van der Waals surface area contributed by atoms with Gasteiger partial charge in [-0.05, 0) is 13.0 Å². The second-order valence-corrected chi connectivity index (χ2v) is 5.89. The number of fused-ring (bicyclic) bond motifs is 5. The van der Waals surface area contributed by atoms with Crippen LogP contribution in [0.15, 0.2) is 36.4 Å². The molecule has 7 nitrogen and oxygen atoms in total. The van der Waals surface area contributed by atoms with Crippen LogP contribution in [-0.2, 0) is 14.3 Å². The van der Waals surface area contributed by atoms with E-state index in [1.54, 1.807) is 25.1 Å². The van der Waals surface area contributed by atoms with Crippen LogP contribution in [0, 0.1) is 22.0 Å². The molecule has 0 aromatic heterocycles. The first-order valence-corrected chi connectivity index (χ1v) is 6.92. The predicted molar refractivity (Wildman–Crippen MR) is 75.0 cm³/mol. The third kappa shape index (κ3) is 1.43. The zero-order valence-electron chi connectivity index (χ0n) is 11.6. The molecule has 1 aromatic carbocycles. The Hall–Kier alpha value is -2.54. The van der Waals surface area contributed by atoms with Gasteiger partial charge in [-0.3, -0.25) is 19.7 Å². The minimum absolute atomic E-state index is 0.0277. The van der Waals surface area contributed by atoms with E-state index >= 15 is 0 Å². The smallest absolute Gasteiger partial charge is 0.293 e. The van der Waals surface area contributed by atoms with Gasteiger partial charge in [0.05, 0.1) is 28.5 Å². The fraction of sp³-hybridized carbons (Fsp3) is 0.333. The summed E-state index contributed by atoms with van der Waals surface area (Å²) in [6.45, 7) is 1.77. The maximum atomic E-state index is 12.7. The average Bonchev–Trinajstić information content (AvgIpc) is 3.08. The molecule has 2 saturated heterocycles. The summed E-state index contributed by atoms with van der Waals surface area (Å²) in [5.41, 5.74) is -1.03. The molecule has 7 heteroatoms. The Labute approximate surface area is 125 Å². The zero-order chi connectivity index (χ0) is 15.6. The SMILES string of the molecule is C[C@]12C=C[C@@H](O1)[C@H]1C(=O)N(c3ccccc3[N+](=O)[O-])C(=O)[C@@H]12. The van der Waals surface area contributed by atoms with Gasteiger partial charge in [0.15, 0.2) is 0 Å². The molecule has 0 radical (unpaired) electrons. The van der Waals surface area contributed by atoms with Crippen LogP contribution in [0.1, 0.15) is 6.92 Å². The fourth-order valence-corrected chi connectivity index (χ4v) is 3.70. The molecule has 22 heavy (non-hydrogen) atoms. The largest absolute Gasteiger partial charge is 0.362 e. The minimum Gasteiger partial charge on any atom is -0.362 e. The number of carbonyl (C=O) groups excluding carboxylic acids is 2. The first-order chi connectivity index (χ1) is 10.4. The molecule has 112 valence electrons. The van der Waals surface area contributed by atoms with E-state index in [9.17, 15) is 19.7 Å². The molecule has 3 heterocycles. The zero-order valence-corrected chi connectivity index (χ0v) is 11.6. The molecule has 0 saturated carbocycles. The molecule has 3 aliphatic rings. The highest BCUT2D eigenvalue weighted by Crippen LogP contribution is 2.52. The number of carbonyl (C=O) groups is 2. The van der Waals surface area contributed by atoms with Crippen LogP contribution in [0.5, 0.6) is 0 Å². The van der Waals surface area contributed by atoms with Crippen molar-refractivity contribution >= 4 is 23.2 Å². The number of para-hydroxylation sites is 2. The molecule has 3 aliphatic heterocycles. The van der Waals surface area contributed by atoms with Crippen molar-refractivity contribution in [3.8, 4) is 0 Å². The number of hydrogen-bond acceptors (Lipinski definition) is 5. The number of nitro benzene ring substituents is 1. The van der Waals surface area contributed by atoms with Crippen LogP contribution in [0.3, 0.4) is 0 Å². The number of benzene rings is 1. The Balaban J connectivity index is 1.82. The number of hydrogen-bond donors (Lipinski definition) is 0. The number of rotatable bonds is 2. The van der Waals surface area contributed by atoms with Gasteiger partial charge in [-0.1, -0.05) is 24.3 Å². The normalized spacial score (nSPS) is 35.3. The van der Waals surface area contributed by atoms with Crippen molar-refractivity contribution < 1.29 is 19.2 Å². The van der Waals surface area contributed by atoms with Gasteiger partial charge in [0.2, 0.25) is 11.8 Å². The predicted octanol–water partition coefficient (Wildman–Crippen LogP) is 1.43. The van der Waals surface area contributed by atoms with Crippen LogP contribution in [-0.4, -0.2) is 28.4 Å². The average molecular weight is 300 g/mol. The van der Waals surface area contributed by atoms with Gasteiger partial charge < -0.3 is 4.74 Å². The van der Waals surface area contributed by atoms with E-state index < -0.39 is 40.3 Å². The standard InChI is InChI=1S/C15H12N2O5/c1-15-7-6-10(22-15)11-12(15)14(19)16(13(11)18)8-4-2-3-5-9(8)17(20)21/h2-7,10-12H,1H3/t10-,11-,12-,15-/m1/s1. The summed E-state index contributed by atoms with van der Waals surface area (Å²) in [7, 11) is 0. The number of amides is 2. The van der Waals surface area contributed by atoms with Crippen LogP contribution >= 0.6 is 0 Å². The van der Waals surface area contributed by atoms with Crippen LogP contribution in [0.4, 0.5) is 11.4 Å². The second kappa shape index (κ2) is 4.01. The summed E-state index contributed by atoms with van der Waals surface area (Å²) < 4.78 is 5.72. The van der Waals surface area contributed by atoms with Crippen molar-refractivity contribution in [2.24, 2.45) is 11.8 Å². The van der Waals surface area contributed by atoms with Crippen LogP contribution < -0.4 is 4.90 Å². The lowest BCUT2D eigenvalue weighted by molar-refractivity contribution is -0.384.